The number of thiazole rings is 1. The third-order valence-corrected chi connectivity index (χ3v) is 3.63. The Bertz CT molecular complexity index is 467. The number of hydrogen-bond donors (Lipinski definition) is 1. The van der Waals surface area contributed by atoms with Crippen LogP contribution < -0.4 is 5.32 Å². The van der Waals surface area contributed by atoms with Gasteiger partial charge in [0.2, 0.25) is 5.91 Å². The number of anilines is 1. The van der Waals surface area contributed by atoms with E-state index in [2.05, 4.69) is 10.3 Å². The van der Waals surface area contributed by atoms with Gasteiger partial charge in [-0.2, -0.15) is 0 Å². The second kappa shape index (κ2) is 4.10. The minimum atomic E-state index is -0.743. The fourth-order valence-corrected chi connectivity index (χ4v) is 2.52. The molecule has 1 aromatic rings. The second-order valence-corrected chi connectivity index (χ2v) is 5.48. The molecular formula is C11H14N2O3S. The van der Waals surface area contributed by atoms with Gasteiger partial charge in [-0.15, -0.1) is 11.3 Å². The lowest BCUT2D eigenvalue weighted by atomic mass is 9.90. The first-order valence-corrected chi connectivity index (χ1v) is 6.21. The van der Waals surface area contributed by atoms with Crippen molar-refractivity contribution < 1.29 is 14.3 Å². The molecule has 0 spiro atoms. The molecule has 0 aromatic carbocycles. The van der Waals surface area contributed by atoms with Gasteiger partial charge in [0.15, 0.2) is 5.13 Å². The van der Waals surface area contributed by atoms with E-state index in [4.69, 9.17) is 4.74 Å². The Kier molecular flexibility index (Phi) is 2.91. The monoisotopic (exact) mass is 254 g/mol. The molecule has 0 bridgehead atoms. The maximum Gasteiger partial charge on any atom is 0.307 e. The molecule has 1 aromatic heterocycles. The predicted octanol–water partition coefficient (Wildman–Crippen LogP) is 1.73. The molecule has 1 saturated heterocycles. The average molecular weight is 254 g/mol. The number of esters is 1. The van der Waals surface area contributed by atoms with E-state index in [1.807, 2.05) is 12.3 Å². The van der Waals surface area contributed by atoms with Crippen LogP contribution in [0.15, 0.2) is 5.38 Å². The molecular weight excluding hydrogens is 240 g/mol. The van der Waals surface area contributed by atoms with Gasteiger partial charge >= 0.3 is 5.97 Å². The van der Waals surface area contributed by atoms with E-state index >= 15 is 0 Å². The van der Waals surface area contributed by atoms with Crippen LogP contribution in [0.25, 0.3) is 0 Å². The van der Waals surface area contributed by atoms with Crippen LogP contribution in [0.3, 0.4) is 0 Å². The number of ether oxygens (including phenoxy) is 1. The summed E-state index contributed by atoms with van der Waals surface area (Å²) in [6.07, 6.45) is 0.128. The third kappa shape index (κ3) is 2.46. The van der Waals surface area contributed by atoms with Gasteiger partial charge in [-0.3, -0.25) is 9.59 Å². The summed E-state index contributed by atoms with van der Waals surface area (Å²) < 4.78 is 5.11. The molecule has 6 heteroatoms. The van der Waals surface area contributed by atoms with E-state index in [9.17, 15) is 9.59 Å². The number of nitrogens with zero attached hydrogens (tertiary/aromatic N) is 1. The molecule has 92 valence electrons. The topological polar surface area (TPSA) is 68.3 Å². The van der Waals surface area contributed by atoms with E-state index in [0.717, 1.165) is 5.69 Å². The lowest BCUT2D eigenvalue weighted by Crippen LogP contribution is -2.36. The minimum Gasteiger partial charge on any atom is -0.459 e. The van der Waals surface area contributed by atoms with Crippen LogP contribution in [-0.4, -0.2) is 22.5 Å². The molecule has 1 atom stereocenters. The Labute approximate surface area is 103 Å². The smallest absolute Gasteiger partial charge is 0.307 e. The summed E-state index contributed by atoms with van der Waals surface area (Å²) in [5.41, 5.74) is 0.122. The largest absolute Gasteiger partial charge is 0.459 e. The van der Waals surface area contributed by atoms with Crippen LogP contribution in [-0.2, 0) is 14.3 Å². The standard InChI is InChI=1S/C11H14N2O3S/c1-6-5-17-10(12-6)13-9(15)7-4-8(14)16-11(7,2)3/h5,7H,4H2,1-3H3,(H,12,13,15)/t7-/m1/s1. The van der Waals surface area contributed by atoms with Crippen molar-refractivity contribution in [3.8, 4) is 0 Å². The zero-order valence-corrected chi connectivity index (χ0v) is 10.8. The SMILES string of the molecule is Cc1csc(NC(=O)[C@H]2CC(=O)OC2(C)C)n1. The molecule has 2 rings (SSSR count). The zero-order chi connectivity index (χ0) is 12.6. The van der Waals surface area contributed by atoms with E-state index < -0.39 is 11.5 Å². The zero-order valence-electron chi connectivity index (χ0n) is 9.94. The summed E-state index contributed by atoms with van der Waals surface area (Å²) in [4.78, 5) is 27.4. The van der Waals surface area contributed by atoms with Crippen molar-refractivity contribution in [2.75, 3.05) is 5.32 Å². The number of carbonyl (C=O) groups is 2. The van der Waals surface area contributed by atoms with Crippen molar-refractivity contribution in [3.05, 3.63) is 11.1 Å². The molecule has 0 aliphatic carbocycles. The van der Waals surface area contributed by atoms with Gasteiger partial charge in [-0.25, -0.2) is 4.98 Å². The molecule has 1 aliphatic heterocycles. The van der Waals surface area contributed by atoms with Gasteiger partial charge in [-0.1, -0.05) is 0 Å². The molecule has 17 heavy (non-hydrogen) atoms. The highest BCUT2D eigenvalue weighted by Crippen LogP contribution is 2.33. The average Bonchev–Trinajstić information content (AvgIpc) is 2.69. The van der Waals surface area contributed by atoms with E-state index in [1.165, 1.54) is 11.3 Å². The highest BCUT2D eigenvalue weighted by atomic mass is 32.1. The highest BCUT2D eigenvalue weighted by molar-refractivity contribution is 7.13. The van der Waals surface area contributed by atoms with Gasteiger partial charge in [0, 0.05) is 5.38 Å². The molecule has 1 amide bonds. The van der Waals surface area contributed by atoms with Gasteiger partial charge in [0.25, 0.3) is 0 Å². The number of carbonyl (C=O) groups excluding carboxylic acids is 2. The minimum absolute atomic E-state index is 0.128. The van der Waals surface area contributed by atoms with Gasteiger partial charge in [-0.05, 0) is 20.8 Å². The number of rotatable bonds is 2. The Balaban J connectivity index is 2.08. The summed E-state index contributed by atoms with van der Waals surface area (Å²) in [5.74, 6) is -1.00. The van der Waals surface area contributed by atoms with Crippen molar-refractivity contribution >= 4 is 28.3 Å². The van der Waals surface area contributed by atoms with Crippen molar-refractivity contribution in [1.29, 1.82) is 0 Å². The predicted molar refractivity (Wildman–Crippen MR) is 63.8 cm³/mol. The number of nitrogens with one attached hydrogen (secondary N) is 1. The highest BCUT2D eigenvalue weighted by Gasteiger charge is 2.46. The van der Waals surface area contributed by atoms with Gasteiger partial charge in [0.05, 0.1) is 18.0 Å². The van der Waals surface area contributed by atoms with Crippen LogP contribution >= 0.6 is 11.3 Å². The lowest BCUT2D eigenvalue weighted by molar-refractivity contribution is -0.147. The Hall–Kier alpha value is -1.43. The van der Waals surface area contributed by atoms with Crippen molar-refractivity contribution in [2.24, 2.45) is 5.92 Å². The van der Waals surface area contributed by atoms with Crippen LogP contribution in [0.4, 0.5) is 5.13 Å². The second-order valence-electron chi connectivity index (χ2n) is 4.62. The Morgan fingerprint density at radius 1 is 1.65 bits per heavy atom. The van der Waals surface area contributed by atoms with E-state index in [-0.39, 0.29) is 18.3 Å². The van der Waals surface area contributed by atoms with Crippen LogP contribution in [0, 0.1) is 12.8 Å². The fourth-order valence-electron chi connectivity index (χ4n) is 1.83. The number of cyclic esters (lactones) is 1. The molecule has 1 N–H and O–H groups in total. The normalized spacial score (nSPS) is 22.3. The number of hydrogen-bond acceptors (Lipinski definition) is 5. The van der Waals surface area contributed by atoms with Crippen LogP contribution in [0.1, 0.15) is 26.0 Å². The van der Waals surface area contributed by atoms with Crippen molar-refractivity contribution in [3.63, 3.8) is 0 Å². The first-order valence-electron chi connectivity index (χ1n) is 5.33. The van der Waals surface area contributed by atoms with E-state index in [1.54, 1.807) is 13.8 Å². The summed E-state index contributed by atoms with van der Waals surface area (Å²) in [7, 11) is 0. The summed E-state index contributed by atoms with van der Waals surface area (Å²) >= 11 is 1.37. The summed E-state index contributed by atoms with van der Waals surface area (Å²) in [6.45, 7) is 5.35. The maximum atomic E-state index is 12.0. The molecule has 2 heterocycles. The number of amides is 1. The molecule has 1 aliphatic rings. The molecule has 0 saturated carbocycles. The summed E-state index contributed by atoms with van der Waals surface area (Å²) in [5, 5.41) is 5.13. The maximum absolute atomic E-state index is 12.0. The van der Waals surface area contributed by atoms with Crippen molar-refractivity contribution in [1.82, 2.24) is 4.98 Å². The molecule has 5 nitrogen and oxygen atoms in total. The molecule has 1 fully saturated rings. The van der Waals surface area contributed by atoms with E-state index in [0.29, 0.717) is 5.13 Å². The summed E-state index contributed by atoms with van der Waals surface area (Å²) in [6, 6.07) is 0. The number of aromatic nitrogens is 1. The van der Waals surface area contributed by atoms with Crippen molar-refractivity contribution in [2.45, 2.75) is 32.8 Å². The fraction of sp³-hybridized carbons (Fsp3) is 0.545. The van der Waals surface area contributed by atoms with Crippen LogP contribution in [0.2, 0.25) is 0 Å². The quantitative estimate of drug-likeness (QED) is 0.816. The van der Waals surface area contributed by atoms with Gasteiger partial charge < -0.3 is 10.1 Å². The third-order valence-electron chi connectivity index (χ3n) is 2.75. The molecule has 0 radical (unpaired) electrons. The van der Waals surface area contributed by atoms with Crippen LogP contribution in [0.5, 0.6) is 0 Å². The first kappa shape index (κ1) is 12.0. The number of aryl methyl sites for hydroxylation is 1. The lowest BCUT2D eigenvalue weighted by Gasteiger charge is -2.23. The molecule has 0 unspecified atom stereocenters. The Morgan fingerprint density at radius 3 is 2.82 bits per heavy atom. The van der Waals surface area contributed by atoms with Gasteiger partial charge in [0.1, 0.15) is 5.60 Å². The Morgan fingerprint density at radius 2 is 2.35 bits per heavy atom. The first-order chi connectivity index (χ1) is 7.88.